The molecule has 0 radical (unpaired) electrons. The maximum Gasteiger partial charge on any atom is 0.175 e. The fourth-order valence-electron chi connectivity index (χ4n) is 1.33. The van der Waals surface area contributed by atoms with Crippen molar-refractivity contribution in [3.63, 3.8) is 0 Å². The molecule has 0 saturated heterocycles. The summed E-state index contributed by atoms with van der Waals surface area (Å²) in [6, 6.07) is 5.22. The van der Waals surface area contributed by atoms with Crippen LogP contribution in [-0.2, 0) is 16.3 Å². The van der Waals surface area contributed by atoms with Crippen molar-refractivity contribution in [2.75, 3.05) is 12.9 Å². The molecule has 0 spiro atoms. The number of aliphatic hydroxyl groups excluding tert-OH is 1. The van der Waals surface area contributed by atoms with E-state index in [2.05, 4.69) is 0 Å². The van der Waals surface area contributed by atoms with E-state index < -0.39 is 9.84 Å². The summed E-state index contributed by atoms with van der Waals surface area (Å²) >= 11 is 0. The van der Waals surface area contributed by atoms with Gasteiger partial charge in [0.25, 0.3) is 0 Å². The average Bonchev–Trinajstić information content (AvgIpc) is 2.07. The molecular weight excluding hydrogens is 200 g/mol. The summed E-state index contributed by atoms with van der Waals surface area (Å²) in [5, 5.41) is 8.73. The Morgan fingerprint density at radius 3 is 2.50 bits per heavy atom. The number of hydrogen-bond acceptors (Lipinski definition) is 3. The van der Waals surface area contributed by atoms with Gasteiger partial charge in [0.1, 0.15) is 0 Å². The molecule has 0 heterocycles. The zero-order valence-corrected chi connectivity index (χ0v) is 9.13. The van der Waals surface area contributed by atoms with Gasteiger partial charge < -0.3 is 5.11 Å². The predicted molar refractivity (Wildman–Crippen MR) is 55.1 cm³/mol. The molecule has 14 heavy (non-hydrogen) atoms. The van der Waals surface area contributed by atoms with Crippen molar-refractivity contribution in [1.29, 1.82) is 0 Å². The van der Waals surface area contributed by atoms with Crippen molar-refractivity contribution in [2.45, 2.75) is 18.2 Å². The van der Waals surface area contributed by atoms with Crippen LogP contribution in [0.15, 0.2) is 23.1 Å². The Morgan fingerprint density at radius 2 is 2.00 bits per heavy atom. The Labute approximate surface area is 84.3 Å². The molecular formula is C10H14O3S. The van der Waals surface area contributed by atoms with Crippen molar-refractivity contribution in [3.05, 3.63) is 29.3 Å². The van der Waals surface area contributed by atoms with Gasteiger partial charge in [-0.25, -0.2) is 8.42 Å². The lowest BCUT2D eigenvalue weighted by Gasteiger charge is -2.05. The summed E-state index contributed by atoms with van der Waals surface area (Å²) in [6.07, 6.45) is 1.68. The van der Waals surface area contributed by atoms with Gasteiger partial charge in [0.2, 0.25) is 0 Å². The molecule has 0 fully saturated rings. The van der Waals surface area contributed by atoms with Gasteiger partial charge in [-0.1, -0.05) is 12.1 Å². The summed E-state index contributed by atoms with van der Waals surface area (Å²) < 4.78 is 22.7. The third kappa shape index (κ3) is 2.56. The number of hydrogen-bond donors (Lipinski definition) is 1. The third-order valence-corrected chi connectivity index (χ3v) is 3.29. The van der Waals surface area contributed by atoms with Gasteiger partial charge in [-0.2, -0.15) is 0 Å². The zero-order chi connectivity index (χ0) is 10.8. The maximum absolute atomic E-state index is 11.3. The van der Waals surface area contributed by atoms with Crippen LogP contribution in [0.3, 0.4) is 0 Å². The summed E-state index contributed by atoms with van der Waals surface area (Å²) in [7, 11) is -3.16. The molecule has 4 heteroatoms. The smallest absolute Gasteiger partial charge is 0.175 e. The van der Waals surface area contributed by atoms with Gasteiger partial charge in [0, 0.05) is 12.9 Å². The second kappa shape index (κ2) is 4.11. The maximum atomic E-state index is 11.3. The van der Waals surface area contributed by atoms with Crippen molar-refractivity contribution in [2.24, 2.45) is 0 Å². The van der Waals surface area contributed by atoms with Crippen LogP contribution in [0.2, 0.25) is 0 Å². The summed E-state index contributed by atoms with van der Waals surface area (Å²) in [4.78, 5) is 0.350. The van der Waals surface area contributed by atoms with E-state index in [9.17, 15) is 8.42 Å². The van der Waals surface area contributed by atoms with Gasteiger partial charge in [-0.3, -0.25) is 0 Å². The lowest BCUT2D eigenvalue weighted by molar-refractivity contribution is 0.299. The Hall–Kier alpha value is -0.870. The first kappa shape index (κ1) is 11.2. The van der Waals surface area contributed by atoms with Crippen LogP contribution in [0.4, 0.5) is 0 Å². The highest BCUT2D eigenvalue weighted by atomic mass is 32.2. The molecule has 1 rings (SSSR count). The highest BCUT2D eigenvalue weighted by molar-refractivity contribution is 7.90. The van der Waals surface area contributed by atoms with Crippen molar-refractivity contribution in [3.8, 4) is 0 Å². The van der Waals surface area contributed by atoms with Crippen LogP contribution in [0.25, 0.3) is 0 Å². The van der Waals surface area contributed by atoms with Crippen molar-refractivity contribution in [1.82, 2.24) is 0 Å². The van der Waals surface area contributed by atoms with Crippen molar-refractivity contribution >= 4 is 9.84 Å². The fraction of sp³-hybridized carbons (Fsp3) is 0.400. The minimum atomic E-state index is -3.16. The molecule has 1 aromatic carbocycles. The van der Waals surface area contributed by atoms with Crippen LogP contribution in [0.5, 0.6) is 0 Å². The molecule has 0 aliphatic heterocycles. The molecule has 0 aliphatic rings. The van der Waals surface area contributed by atoms with E-state index in [-0.39, 0.29) is 6.61 Å². The third-order valence-electron chi connectivity index (χ3n) is 2.05. The van der Waals surface area contributed by atoms with E-state index >= 15 is 0 Å². The Bertz CT molecular complexity index is 421. The second-order valence-electron chi connectivity index (χ2n) is 3.35. The molecule has 0 aliphatic carbocycles. The van der Waals surface area contributed by atoms with E-state index in [4.69, 9.17) is 5.11 Å². The topological polar surface area (TPSA) is 54.4 Å². The molecule has 78 valence electrons. The lowest BCUT2D eigenvalue weighted by Crippen LogP contribution is -2.02. The Balaban J connectivity index is 3.22. The minimum Gasteiger partial charge on any atom is -0.396 e. The number of benzene rings is 1. The van der Waals surface area contributed by atoms with Crippen LogP contribution in [0, 0.1) is 6.92 Å². The average molecular weight is 214 g/mol. The van der Waals surface area contributed by atoms with Crippen LogP contribution in [0.1, 0.15) is 11.1 Å². The van der Waals surface area contributed by atoms with Gasteiger partial charge in [-0.15, -0.1) is 0 Å². The van der Waals surface area contributed by atoms with Gasteiger partial charge in [0.15, 0.2) is 9.84 Å². The summed E-state index contributed by atoms with van der Waals surface area (Å²) in [5.41, 5.74) is 1.59. The number of aryl methyl sites for hydroxylation is 1. The molecule has 0 unspecified atom stereocenters. The fourth-order valence-corrected chi connectivity index (χ4v) is 2.35. The number of rotatable bonds is 3. The van der Waals surface area contributed by atoms with Gasteiger partial charge >= 0.3 is 0 Å². The number of aliphatic hydroxyl groups is 1. The standard InChI is InChI=1S/C10H14O3S/c1-8-3-4-9(5-6-11)7-10(8)14(2,12)13/h3-4,7,11H,5-6H2,1-2H3. The molecule has 1 N–H and O–H groups in total. The van der Waals surface area contributed by atoms with E-state index in [0.717, 1.165) is 11.1 Å². The normalized spacial score (nSPS) is 11.6. The highest BCUT2D eigenvalue weighted by Gasteiger charge is 2.10. The molecule has 0 saturated carbocycles. The van der Waals surface area contributed by atoms with E-state index in [1.165, 1.54) is 6.26 Å². The first-order valence-corrected chi connectivity index (χ1v) is 6.24. The van der Waals surface area contributed by atoms with Crippen molar-refractivity contribution < 1.29 is 13.5 Å². The Morgan fingerprint density at radius 1 is 1.36 bits per heavy atom. The lowest BCUT2D eigenvalue weighted by atomic mass is 10.1. The van der Waals surface area contributed by atoms with Gasteiger partial charge in [-0.05, 0) is 30.5 Å². The zero-order valence-electron chi connectivity index (χ0n) is 8.32. The molecule has 0 bridgehead atoms. The summed E-state index contributed by atoms with van der Waals surface area (Å²) in [5.74, 6) is 0. The van der Waals surface area contributed by atoms with Crippen LogP contribution in [-0.4, -0.2) is 26.4 Å². The SMILES string of the molecule is Cc1ccc(CCO)cc1S(C)(=O)=O. The predicted octanol–water partition coefficient (Wildman–Crippen LogP) is 0.933. The second-order valence-corrected chi connectivity index (χ2v) is 5.33. The van der Waals surface area contributed by atoms with Gasteiger partial charge in [0.05, 0.1) is 4.90 Å². The van der Waals surface area contributed by atoms with E-state index in [1.807, 2.05) is 6.07 Å². The number of sulfone groups is 1. The van der Waals surface area contributed by atoms with E-state index in [0.29, 0.717) is 11.3 Å². The van der Waals surface area contributed by atoms with Crippen LogP contribution >= 0.6 is 0 Å². The van der Waals surface area contributed by atoms with E-state index in [1.54, 1.807) is 19.1 Å². The highest BCUT2D eigenvalue weighted by Crippen LogP contribution is 2.17. The molecule has 1 aromatic rings. The Kier molecular flexibility index (Phi) is 3.29. The molecule has 0 atom stereocenters. The quantitative estimate of drug-likeness (QED) is 0.814. The minimum absolute atomic E-state index is 0.0340. The molecule has 0 aromatic heterocycles. The molecule has 0 amide bonds. The summed E-state index contributed by atoms with van der Waals surface area (Å²) in [6.45, 7) is 1.80. The monoisotopic (exact) mass is 214 g/mol. The first-order valence-electron chi connectivity index (χ1n) is 4.35. The van der Waals surface area contributed by atoms with Crippen LogP contribution < -0.4 is 0 Å². The largest absolute Gasteiger partial charge is 0.396 e. The first-order chi connectivity index (χ1) is 6.45. The molecule has 3 nitrogen and oxygen atoms in total.